The second kappa shape index (κ2) is 5.35. The standard InChI is InChI=1S/C12H17NO4/c1-13-7-9(14)12(15)8-2-3-10-11(6-8)17-5-4-16-10/h2-3,6,9,12-15H,4-5,7H2,1H3. The number of hydrogen-bond acceptors (Lipinski definition) is 5. The van der Waals surface area contributed by atoms with Gasteiger partial charge in [-0.05, 0) is 24.7 Å². The summed E-state index contributed by atoms with van der Waals surface area (Å²) < 4.78 is 10.8. The zero-order valence-electron chi connectivity index (χ0n) is 9.72. The van der Waals surface area contributed by atoms with E-state index in [1.54, 1.807) is 25.2 Å². The Morgan fingerprint density at radius 3 is 2.65 bits per heavy atom. The van der Waals surface area contributed by atoms with Crippen LogP contribution < -0.4 is 14.8 Å². The van der Waals surface area contributed by atoms with E-state index in [0.717, 1.165) is 0 Å². The number of hydrogen-bond donors (Lipinski definition) is 3. The molecular weight excluding hydrogens is 222 g/mol. The van der Waals surface area contributed by atoms with E-state index < -0.39 is 12.2 Å². The van der Waals surface area contributed by atoms with Gasteiger partial charge >= 0.3 is 0 Å². The summed E-state index contributed by atoms with van der Waals surface area (Å²) in [5.74, 6) is 1.29. The first kappa shape index (κ1) is 12.2. The number of rotatable bonds is 4. The zero-order chi connectivity index (χ0) is 12.3. The fourth-order valence-corrected chi connectivity index (χ4v) is 1.79. The molecule has 17 heavy (non-hydrogen) atoms. The minimum Gasteiger partial charge on any atom is -0.486 e. The summed E-state index contributed by atoms with van der Waals surface area (Å²) >= 11 is 0. The first-order valence-electron chi connectivity index (χ1n) is 5.62. The molecule has 0 bridgehead atoms. The lowest BCUT2D eigenvalue weighted by Crippen LogP contribution is -2.29. The van der Waals surface area contributed by atoms with Gasteiger partial charge in [0.15, 0.2) is 11.5 Å². The minimum absolute atomic E-state index is 0.329. The van der Waals surface area contributed by atoms with Crippen LogP contribution in [0.3, 0.4) is 0 Å². The predicted molar refractivity (Wildman–Crippen MR) is 62.3 cm³/mol. The number of aliphatic hydroxyl groups excluding tert-OH is 2. The van der Waals surface area contributed by atoms with E-state index in [2.05, 4.69) is 5.32 Å². The van der Waals surface area contributed by atoms with Crippen molar-refractivity contribution in [1.29, 1.82) is 0 Å². The summed E-state index contributed by atoms with van der Waals surface area (Å²) in [5, 5.41) is 22.4. The molecule has 1 aliphatic heterocycles. The highest BCUT2D eigenvalue weighted by molar-refractivity contribution is 5.44. The molecule has 0 aliphatic carbocycles. The fourth-order valence-electron chi connectivity index (χ4n) is 1.79. The highest BCUT2D eigenvalue weighted by Crippen LogP contribution is 2.33. The second-order valence-electron chi connectivity index (χ2n) is 3.97. The summed E-state index contributed by atoms with van der Waals surface area (Å²) in [4.78, 5) is 0. The van der Waals surface area contributed by atoms with Crippen LogP contribution in [0.5, 0.6) is 11.5 Å². The van der Waals surface area contributed by atoms with Gasteiger partial charge in [-0.15, -0.1) is 0 Å². The number of benzene rings is 1. The summed E-state index contributed by atoms with van der Waals surface area (Å²) in [5.41, 5.74) is 0.622. The molecular formula is C12H17NO4. The van der Waals surface area contributed by atoms with E-state index in [9.17, 15) is 10.2 Å². The van der Waals surface area contributed by atoms with Crippen LogP contribution in [-0.4, -0.2) is 43.1 Å². The Balaban J connectivity index is 2.15. The van der Waals surface area contributed by atoms with Crippen molar-refractivity contribution < 1.29 is 19.7 Å². The molecule has 0 saturated heterocycles. The quantitative estimate of drug-likeness (QED) is 0.693. The number of aliphatic hydroxyl groups is 2. The molecule has 3 N–H and O–H groups in total. The first-order valence-corrected chi connectivity index (χ1v) is 5.62. The molecule has 2 atom stereocenters. The molecule has 2 unspecified atom stereocenters. The van der Waals surface area contributed by atoms with Crippen molar-refractivity contribution in [3.05, 3.63) is 23.8 Å². The lowest BCUT2D eigenvalue weighted by atomic mass is 10.0. The van der Waals surface area contributed by atoms with E-state index >= 15 is 0 Å². The maximum absolute atomic E-state index is 9.94. The van der Waals surface area contributed by atoms with Crippen LogP contribution in [0.1, 0.15) is 11.7 Å². The van der Waals surface area contributed by atoms with Crippen molar-refractivity contribution in [1.82, 2.24) is 5.32 Å². The summed E-state index contributed by atoms with van der Waals surface area (Å²) in [6.07, 6.45) is -1.78. The van der Waals surface area contributed by atoms with Crippen LogP contribution in [0.4, 0.5) is 0 Å². The number of ether oxygens (including phenoxy) is 2. The van der Waals surface area contributed by atoms with Gasteiger partial charge in [0.2, 0.25) is 0 Å². The normalized spacial score (nSPS) is 17.6. The fraction of sp³-hybridized carbons (Fsp3) is 0.500. The third-order valence-electron chi connectivity index (χ3n) is 2.69. The van der Waals surface area contributed by atoms with Gasteiger partial charge in [-0.3, -0.25) is 0 Å². The van der Waals surface area contributed by atoms with Crippen LogP contribution in [-0.2, 0) is 0 Å². The summed E-state index contributed by atoms with van der Waals surface area (Å²) in [6.45, 7) is 1.37. The second-order valence-corrected chi connectivity index (χ2v) is 3.97. The molecule has 0 aromatic heterocycles. The van der Waals surface area contributed by atoms with E-state index in [1.165, 1.54) is 0 Å². The van der Waals surface area contributed by atoms with Crippen molar-refractivity contribution in [2.24, 2.45) is 0 Å². The average Bonchev–Trinajstić information content (AvgIpc) is 2.37. The molecule has 94 valence electrons. The molecule has 1 aromatic carbocycles. The van der Waals surface area contributed by atoms with Crippen LogP contribution in [0.25, 0.3) is 0 Å². The smallest absolute Gasteiger partial charge is 0.161 e. The van der Waals surface area contributed by atoms with Crippen LogP contribution in [0.15, 0.2) is 18.2 Å². The number of fused-ring (bicyclic) bond motifs is 1. The SMILES string of the molecule is CNCC(O)C(O)c1ccc2c(c1)OCCO2. The molecule has 0 fully saturated rings. The molecule has 0 saturated carbocycles. The molecule has 1 heterocycles. The average molecular weight is 239 g/mol. The first-order chi connectivity index (χ1) is 8.22. The third kappa shape index (κ3) is 2.69. The molecule has 1 aliphatic rings. The highest BCUT2D eigenvalue weighted by Gasteiger charge is 2.20. The van der Waals surface area contributed by atoms with Crippen molar-refractivity contribution in [3.8, 4) is 11.5 Å². The van der Waals surface area contributed by atoms with E-state index in [0.29, 0.717) is 36.8 Å². The Kier molecular flexibility index (Phi) is 3.83. The van der Waals surface area contributed by atoms with Gasteiger partial charge in [-0.25, -0.2) is 0 Å². The molecule has 0 radical (unpaired) electrons. The summed E-state index contributed by atoms with van der Waals surface area (Å²) in [7, 11) is 1.72. The van der Waals surface area contributed by atoms with E-state index in [-0.39, 0.29) is 0 Å². The van der Waals surface area contributed by atoms with Crippen LogP contribution >= 0.6 is 0 Å². The third-order valence-corrected chi connectivity index (χ3v) is 2.69. The van der Waals surface area contributed by atoms with Gasteiger partial charge in [0, 0.05) is 6.54 Å². The number of likely N-dealkylation sites (N-methyl/N-ethyl adjacent to an activating group) is 1. The van der Waals surface area contributed by atoms with Crippen molar-refractivity contribution in [3.63, 3.8) is 0 Å². The molecule has 0 amide bonds. The molecule has 5 heteroatoms. The minimum atomic E-state index is -0.932. The maximum atomic E-state index is 9.94. The lowest BCUT2D eigenvalue weighted by Gasteiger charge is -2.22. The van der Waals surface area contributed by atoms with Gasteiger partial charge in [0.05, 0.1) is 6.10 Å². The Hall–Kier alpha value is -1.30. The Morgan fingerprint density at radius 1 is 1.24 bits per heavy atom. The largest absolute Gasteiger partial charge is 0.486 e. The van der Waals surface area contributed by atoms with Crippen LogP contribution in [0, 0.1) is 0 Å². The molecule has 2 rings (SSSR count). The van der Waals surface area contributed by atoms with Crippen molar-refractivity contribution in [2.75, 3.05) is 26.8 Å². The maximum Gasteiger partial charge on any atom is 0.161 e. The zero-order valence-corrected chi connectivity index (χ0v) is 9.72. The number of nitrogens with one attached hydrogen (secondary N) is 1. The molecule has 5 nitrogen and oxygen atoms in total. The van der Waals surface area contributed by atoms with Gasteiger partial charge in [0.25, 0.3) is 0 Å². The highest BCUT2D eigenvalue weighted by atomic mass is 16.6. The van der Waals surface area contributed by atoms with Gasteiger partial charge in [-0.1, -0.05) is 6.07 Å². The van der Waals surface area contributed by atoms with Gasteiger partial charge < -0.3 is 25.0 Å². The van der Waals surface area contributed by atoms with Gasteiger partial charge in [0.1, 0.15) is 19.3 Å². The molecule has 1 aromatic rings. The predicted octanol–water partition coefficient (Wildman–Crippen LogP) is 0.0715. The van der Waals surface area contributed by atoms with Gasteiger partial charge in [-0.2, -0.15) is 0 Å². The van der Waals surface area contributed by atoms with E-state index in [1.807, 2.05) is 0 Å². The van der Waals surface area contributed by atoms with Crippen LogP contribution in [0.2, 0.25) is 0 Å². The Bertz CT molecular complexity index is 383. The van der Waals surface area contributed by atoms with E-state index in [4.69, 9.17) is 9.47 Å². The lowest BCUT2D eigenvalue weighted by molar-refractivity contribution is 0.0199. The van der Waals surface area contributed by atoms with Crippen molar-refractivity contribution in [2.45, 2.75) is 12.2 Å². The summed E-state index contributed by atoms with van der Waals surface area (Å²) in [6, 6.07) is 5.19. The monoisotopic (exact) mass is 239 g/mol. The topological polar surface area (TPSA) is 71.0 Å². The molecule has 0 spiro atoms. The Morgan fingerprint density at radius 2 is 1.94 bits per heavy atom. The Labute approximate surface area is 100.0 Å². The van der Waals surface area contributed by atoms with Crippen molar-refractivity contribution >= 4 is 0 Å².